The highest BCUT2D eigenvalue weighted by atomic mass is 32.2. The van der Waals surface area contributed by atoms with E-state index in [1.54, 1.807) is 6.07 Å². The lowest BCUT2D eigenvalue weighted by atomic mass is 10.0. The molecule has 21 heavy (non-hydrogen) atoms. The van der Waals surface area contributed by atoms with E-state index in [9.17, 15) is 8.42 Å². The Kier molecular flexibility index (Phi) is 4.80. The van der Waals surface area contributed by atoms with Gasteiger partial charge in [0.1, 0.15) is 0 Å². The van der Waals surface area contributed by atoms with Gasteiger partial charge in [0.25, 0.3) is 0 Å². The van der Waals surface area contributed by atoms with Crippen LogP contribution in [-0.2, 0) is 10.0 Å². The topological polar surface area (TPSA) is 37.4 Å². The fourth-order valence-corrected chi connectivity index (χ4v) is 4.07. The summed E-state index contributed by atoms with van der Waals surface area (Å²) in [6.45, 7) is 6.64. The largest absolute Gasteiger partial charge is 0.243 e. The molecule has 0 atom stereocenters. The van der Waals surface area contributed by atoms with Crippen LogP contribution in [0.4, 0.5) is 0 Å². The zero-order valence-electron chi connectivity index (χ0n) is 12.7. The van der Waals surface area contributed by atoms with Crippen molar-refractivity contribution in [3.05, 3.63) is 54.1 Å². The molecule has 0 aromatic heterocycles. The van der Waals surface area contributed by atoms with Gasteiger partial charge >= 0.3 is 0 Å². The molecule has 0 bridgehead atoms. The van der Waals surface area contributed by atoms with Gasteiger partial charge in [-0.25, -0.2) is 8.42 Å². The van der Waals surface area contributed by atoms with E-state index in [1.165, 1.54) is 4.31 Å². The molecule has 0 spiro atoms. The summed E-state index contributed by atoms with van der Waals surface area (Å²) in [7, 11) is -3.46. The molecule has 0 unspecified atom stereocenters. The summed E-state index contributed by atoms with van der Waals surface area (Å²) in [5, 5.41) is 0. The number of hydrogen-bond donors (Lipinski definition) is 0. The van der Waals surface area contributed by atoms with E-state index in [1.807, 2.05) is 63.2 Å². The maximum absolute atomic E-state index is 12.8. The molecule has 2 aromatic carbocycles. The number of sulfonamides is 1. The minimum absolute atomic E-state index is 0.378. The lowest BCUT2D eigenvalue weighted by Crippen LogP contribution is -2.31. The third-order valence-corrected chi connectivity index (χ3v) is 5.65. The van der Waals surface area contributed by atoms with E-state index < -0.39 is 10.0 Å². The van der Waals surface area contributed by atoms with Crippen molar-refractivity contribution >= 4 is 10.0 Å². The highest BCUT2D eigenvalue weighted by molar-refractivity contribution is 7.89. The molecule has 0 saturated heterocycles. The van der Waals surface area contributed by atoms with E-state index in [2.05, 4.69) is 0 Å². The Morgan fingerprint density at radius 3 is 2.14 bits per heavy atom. The Hall–Kier alpha value is -1.65. The molecule has 0 fully saturated rings. The minimum atomic E-state index is -3.46. The van der Waals surface area contributed by atoms with Crippen LogP contribution in [0.5, 0.6) is 0 Å². The number of hydrogen-bond acceptors (Lipinski definition) is 2. The Morgan fingerprint density at radius 1 is 0.952 bits per heavy atom. The van der Waals surface area contributed by atoms with Crippen molar-refractivity contribution in [2.24, 2.45) is 0 Å². The first-order chi connectivity index (χ1) is 10.0. The predicted molar refractivity (Wildman–Crippen MR) is 86.7 cm³/mol. The smallest absolute Gasteiger partial charge is 0.207 e. The SMILES string of the molecule is CCN(CC)S(=O)(=O)c1ccc(C)cc1-c1ccccc1. The molecule has 3 nitrogen and oxygen atoms in total. The molecule has 112 valence electrons. The van der Waals surface area contributed by atoms with Crippen molar-refractivity contribution in [3.63, 3.8) is 0 Å². The van der Waals surface area contributed by atoms with Crippen molar-refractivity contribution in [2.75, 3.05) is 13.1 Å². The first-order valence-corrected chi connectivity index (χ1v) is 8.61. The average molecular weight is 303 g/mol. The number of nitrogens with zero attached hydrogens (tertiary/aromatic N) is 1. The molecule has 4 heteroatoms. The second-order valence-corrected chi connectivity index (χ2v) is 6.86. The van der Waals surface area contributed by atoms with Gasteiger partial charge in [-0.3, -0.25) is 0 Å². The molecular weight excluding hydrogens is 282 g/mol. The normalized spacial score (nSPS) is 11.8. The third-order valence-electron chi connectivity index (χ3n) is 3.54. The lowest BCUT2D eigenvalue weighted by Gasteiger charge is -2.21. The van der Waals surface area contributed by atoms with Crippen molar-refractivity contribution in [1.82, 2.24) is 4.31 Å². The summed E-state index contributed by atoms with van der Waals surface area (Å²) < 4.78 is 27.1. The van der Waals surface area contributed by atoms with Crippen molar-refractivity contribution < 1.29 is 8.42 Å². The fraction of sp³-hybridized carbons (Fsp3) is 0.294. The second-order valence-electron chi connectivity index (χ2n) is 4.95. The van der Waals surface area contributed by atoms with Crippen LogP contribution < -0.4 is 0 Å². The Bertz CT molecular complexity index is 705. The van der Waals surface area contributed by atoms with Crippen molar-refractivity contribution in [2.45, 2.75) is 25.7 Å². The van der Waals surface area contributed by atoms with Crippen LogP contribution in [0.2, 0.25) is 0 Å². The van der Waals surface area contributed by atoms with Crippen molar-refractivity contribution in [1.29, 1.82) is 0 Å². The summed E-state index contributed by atoms with van der Waals surface area (Å²) in [4.78, 5) is 0.378. The number of benzene rings is 2. The first-order valence-electron chi connectivity index (χ1n) is 7.17. The summed E-state index contributed by atoms with van der Waals surface area (Å²) >= 11 is 0. The number of rotatable bonds is 5. The summed E-state index contributed by atoms with van der Waals surface area (Å²) in [5.74, 6) is 0. The Balaban J connectivity index is 2.66. The van der Waals surface area contributed by atoms with Crippen LogP contribution in [0.15, 0.2) is 53.4 Å². The minimum Gasteiger partial charge on any atom is -0.207 e. The van der Waals surface area contributed by atoms with Gasteiger partial charge in [-0.15, -0.1) is 0 Å². The van der Waals surface area contributed by atoms with E-state index in [0.717, 1.165) is 16.7 Å². The summed E-state index contributed by atoms with van der Waals surface area (Å²) in [6.07, 6.45) is 0. The Morgan fingerprint density at radius 2 is 1.57 bits per heavy atom. The van der Waals surface area contributed by atoms with Gasteiger partial charge in [-0.05, 0) is 18.6 Å². The molecule has 0 N–H and O–H groups in total. The van der Waals surface area contributed by atoms with Gasteiger partial charge in [-0.2, -0.15) is 4.31 Å². The van der Waals surface area contributed by atoms with Gasteiger partial charge in [0.15, 0.2) is 0 Å². The van der Waals surface area contributed by atoms with Crippen molar-refractivity contribution in [3.8, 4) is 11.1 Å². The van der Waals surface area contributed by atoms with Gasteiger partial charge in [0.2, 0.25) is 10.0 Å². The molecule has 0 radical (unpaired) electrons. The van der Waals surface area contributed by atoms with Gasteiger partial charge in [-0.1, -0.05) is 61.9 Å². The molecule has 0 saturated carbocycles. The zero-order valence-corrected chi connectivity index (χ0v) is 13.5. The van der Waals surface area contributed by atoms with Gasteiger partial charge in [0.05, 0.1) is 4.90 Å². The molecule has 2 aromatic rings. The molecular formula is C17H21NO2S. The highest BCUT2D eigenvalue weighted by Crippen LogP contribution is 2.30. The van der Waals surface area contributed by atoms with Crippen LogP contribution in [0.25, 0.3) is 11.1 Å². The van der Waals surface area contributed by atoms with Crippen LogP contribution >= 0.6 is 0 Å². The Labute approximate surface area is 127 Å². The first kappa shape index (κ1) is 15.7. The van der Waals surface area contributed by atoms with E-state index in [0.29, 0.717) is 18.0 Å². The molecule has 0 amide bonds. The van der Waals surface area contributed by atoms with E-state index in [4.69, 9.17) is 0 Å². The zero-order chi connectivity index (χ0) is 15.5. The number of aryl methyl sites for hydroxylation is 1. The highest BCUT2D eigenvalue weighted by Gasteiger charge is 2.25. The predicted octanol–water partition coefficient (Wildman–Crippen LogP) is 3.69. The van der Waals surface area contributed by atoms with Crippen LogP contribution in [0.1, 0.15) is 19.4 Å². The maximum atomic E-state index is 12.8. The van der Waals surface area contributed by atoms with Crippen LogP contribution in [0, 0.1) is 6.92 Å². The summed E-state index contributed by atoms with van der Waals surface area (Å²) in [6, 6.07) is 15.2. The third kappa shape index (κ3) is 3.17. The molecule has 0 heterocycles. The van der Waals surface area contributed by atoms with Crippen LogP contribution in [-0.4, -0.2) is 25.8 Å². The second kappa shape index (κ2) is 6.41. The summed E-state index contributed by atoms with van der Waals surface area (Å²) in [5.41, 5.74) is 2.74. The van der Waals surface area contributed by atoms with Gasteiger partial charge in [0, 0.05) is 18.7 Å². The lowest BCUT2D eigenvalue weighted by molar-refractivity contribution is 0.445. The van der Waals surface area contributed by atoms with Gasteiger partial charge < -0.3 is 0 Å². The molecule has 2 rings (SSSR count). The quantitative estimate of drug-likeness (QED) is 0.844. The van der Waals surface area contributed by atoms with E-state index >= 15 is 0 Å². The molecule has 0 aliphatic heterocycles. The molecule has 0 aliphatic carbocycles. The van der Waals surface area contributed by atoms with Crippen LogP contribution in [0.3, 0.4) is 0 Å². The standard InChI is InChI=1S/C17H21NO2S/c1-4-18(5-2)21(19,20)17-12-11-14(3)13-16(17)15-9-7-6-8-10-15/h6-13H,4-5H2,1-3H3. The monoisotopic (exact) mass is 303 g/mol. The maximum Gasteiger partial charge on any atom is 0.243 e. The molecule has 0 aliphatic rings. The fourth-order valence-electron chi connectivity index (χ4n) is 2.41. The average Bonchev–Trinajstić information content (AvgIpc) is 2.48. The van der Waals surface area contributed by atoms with E-state index in [-0.39, 0.29) is 0 Å².